The summed E-state index contributed by atoms with van der Waals surface area (Å²) in [5, 5.41) is 1.75. The van der Waals surface area contributed by atoms with E-state index in [1.807, 2.05) is 19.9 Å². The number of benzene rings is 1. The Kier molecular flexibility index (Phi) is 4.08. The van der Waals surface area contributed by atoms with Crippen molar-refractivity contribution >= 4 is 44.3 Å². The van der Waals surface area contributed by atoms with E-state index in [4.69, 9.17) is 11.6 Å². The Morgan fingerprint density at radius 2 is 1.81 bits per heavy atom. The van der Waals surface area contributed by atoms with Crippen LogP contribution in [0.15, 0.2) is 10.5 Å². The number of piperazine rings is 1. The normalized spacial score (nSPS) is 16.7. The van der Waals surface area contributed by atoms with Gasteiger partial charge in [-0.15, -0.1) is 0 Å². The molecule has 0 bridgehead atoms. The molecule has 1 aromatic heterocycles. The van der Waals surface area contributed by atoms with Gasteiger partial charge in [-0.1, -0.05) is 11.6 Å². The lowest BCUT2D eigenvalue weighted by Crippen LogP contribution is -2.45. The van der Waals surface area contributed by atoms with Gasteiger partial charge in [0.2, 0.25) is 0 Å². The fraction of sp³-hybridized carbons (Fsp3) is 0.467. The number of aryl methyl sites for hydroxylation is 2. The molecule has 2 aromatic rings. The van der Waals surface area contributed by atoms with Gasteiger partial charge in [0.15, 0.2) is 0 Å². The molecule has 1 aliphatic heterocycles. The second kappa shape index (κ2) is 5.71. The minimum Gasteiger partial charge on any atom is -0.353 e. The summed E-state index contributed by atoms with van der Waals surface area (Å²) in [6.45, 7) is 8.05. The molecule has 1 fully saturated rings. The van der Waals surface area contributed by atoms with Crippen molar-refractivity contribution in [1.82, 2.24) is 14.9 Å². The zero-order valence-electron chi connectivity index (χ0n) is 12.5. The largest absolute Gasteiger partial charge is 0.353 e. The molecule has 1 aliphatic rings. The molecule has 1 saturated heterocycles. The third-order valence-electron chi connectivity index (χ3n) is 4.01. The summed E-state index contributed by atoms with van der Waals surface area (Å²) in [4.78, 5) is 14.0. The van der Waals surface area contributed by atoms with Gasteiger partial charge in [-0.3, -0.25) is 0 Å². The highest BCUT2D eigenvalue weighted by atomic mass is 79.9. The van der Waals surface area contributed by atoms with E-state index < -0.39 is 0 Å². The number of fused-ring (bicyclic) bond motifs is 1. The van der Waals surface area contributed by atoms with Crippen LogP contribution in [0.1, 0.15) is 11.4 Å². The van der Waals surface area contributed by atoms with Gasteiger partial charge in [-0.25, -0.2) is 9.97 Å². The molecule has 1 aromatic carbocycles. The monoisotopic (exact) mass is 368 g/mol. The van der Waals surface area contributed by atoms with Gasteiger partial charge in [0.05, 0.1) is 10.5 Å². The molecule has 0 aliphatic carbocycles. The van der Waals surface area contributed by atoms with Gasteiger partial charge in [-0.2, -0.15) is 0 Å². The molecule has 0 spiro atoms. The van der Waals surface area contributed by atoms with Gasteiger partial charge in [-0.05, 0) is 48.5 Å². The zero-order valence-corrected chi connectivity index (χ0v) is 14.8. The van der Waals surface area contributed by atoms with Crippen LogP contribution in [0, 0.1) is 13.8 Å². The van der Waals surface area contributed by atoms with Gasteiger partial charge in [0.1, 0.15) is 11.6 Å². The number of hydrogen-bond acceptors (Lipinski definition) is 4. The predicted octanol–water partition coefficient (Wildman–Crippen LogP) is 3.41. The van der Waals surface area contributed by atoms with Crippen LogP contribution in [0.4, 0.5) is 5.82 Å². The number of aromatic nitrogens is 2. The molecule has 0 N–H and O–H groups in total. The Balaban J connectivity index is 2.18. The van der Waals surface area contributed by atoms with Crippen molar-refractivity contribution in [2.24, 2.45) is 0 Å². The van der Waals surface area contributed by atoms with Crippen molar-refractivity contribution in [3.8, 4) is 0 Å². The Hall–Kier alpha value is -0.910. The number of hydrogen-bond donors (Lipinski definition) is 0. The van der Waals surface area contributed by atoms with E-state index in [1.54, 1.807) is 0 Å². The van der Waals surface area contributed by atoms with E-state index in [9.17, 15) is 0 Å². The second-order valence-corrected chi connectivity index (χ2v) is 6.78. The maximum atomic E-state index is 6.34. The molecule has 0 radical (unpaired) electrons. The van der Waals surface area contributed by atoms with Crippen LogP contribution in [0.2, 0.25) is 5.02 Å². The highest BCUT2D eigenvalue weighted by Crippen LogP contribution is 2.35. The van der Waals surface area contributed by atoms with E-state index in [0.29, 0.717) is 5.02 Å². The summed E-state index contributed by atoms with van der Waals surface area (Å²) in [7, 11) is 2.15. The molecule has 0 amide bonds. The minimum atomic E-state index is 0.711. The van der Waals surface area contributed by atoms with Crippen molar-refractivity contribution in [1.29, 1.82) is 0 Å². The lowest BCUT2D eigenvalue weighted by Gasteiger charge is -2.34. The quantitative estimate of drug-likeness (QED) is 0.771. The first-order chi connectivity index (χ1) is 9.97. The van der Waals surface area contributed by atoms with Crippen LogP contribution >= 0.6 is 27.5 Å². The molecule has 112 valence electrons. The van der Waals surface area contributed by atoms with Crippen molar-refractivity contribution in [2.75, 3.05) is 38.1 Å². The second-order valence-electron chi connectivity index (χ2n) is 5.58. The number of likely N-dealkylation sites (N-methyl/N-ethyl adjacent to an activating group) is 1. The van der Waals surface area contributed by atoms with Crippen LogP contribution in [0.5, 0.6) is 0 Å². The molecular formula is C15H18BrClN4. The molecule has 6 heteroatoms. The lowest BCUT2D eigenvalue weighted by molar-refractivity contribution is 0.312. The maximum absolute atomic E-state index is 6.34. The first kappa shape index (κ1) is 15.0. The number of nitrogens with zero attached hydrogens (tertiary/aromatic N) is 4. The summed E-state index contributed by atoms with van der Waals surface area (Å²) in [5.41, 5.74) is 2.05. The number of rotatable bonds is 1. The molecule has 4 nitrogen and oxygen atoms in total. The number of halogens is 2. The SMILES string of the molecule is Cc1nc(N2CCN(C)CC2)c2cc(Cl)c(Br)c(C)c2n1. The van der Waals surface area contributed by atoms with Crippen LogP contribution in [0.3, 0.4) is 0 Å². The first-order valence-electron chi connectivity index (χ1n) is 7.04. The van der Waals surface area contributed by atoms with Crippen LogP contribution in [-0.4, -0.2) is 48.1 Å². The third kappa shape index (κ3) is 2.74. The average molecular weight is 370 g/mol. The van der Waals surface area contributed by atoms with Crippen molar-refractivity contribution in [2.45, 2.75) is 13.8 Å². The molecule has 2 heterocycles. The van der Waals surface area contributed by atoms with Crippen LogP contribution in [-0.2, 0) is 0 Å². The fourth-order valence-corrected chi connectivity index (χ4v) is 3.27. The predicted molar refractivity (Wildman–Crippen MR) is 91.4 cm³/mol. The Morgan fingerprint density at radius 1 is 1.14 bits per heavy atom. The smallest absolute Gasteiger partial charge is 0.140 e. The van der Waals surface area contributed by atoms with E-state index in [1.165, 1.54) is 0 Å². The summed E-state index contributed by atoms with van der Waals surface area (Å²) < 4.78 is 0.916. The highest BCUT2D eigenvalue weighted by Gasteiger charge is 2.20. The van der Waals surface area contributed by atoms with Gasteiger partial charge >= 0.3 is 0 Å². The summed E-state index contributed by atoms with van der Waals surface area (Å²) in [6.07, 6.45) is 0. The van der Waals surface area contributed by atoms with Gasteiger partial charge < -0.3 is 9.80 Å². The van der Waals surface area contributed by atoms with E-state index in [-0.39, 0.29) is 0 Å². The molecule has 0 atom stereocenters. The van der Waals surface area contributed by atoms with Crippen LogP contribution < -0.4 is 4.90 Å². The first-order valence-corrected chi connectivity index (χ1v) is 8.21. The summed E-state index contributed by atoms with van der Waals surface area (Å²) >= 11 is 9.88. The molecule has 0 saturated carbocycles. The number of anilines is 1. The summed E-state index contributed by atoms with van der Waals surface area (Å²) in [5.74, 6) is 1.80. The minimum absolute atomic E-state index is 0.711. The lowest BCUT2D eigenvalue weighted by atomic mass is 10.1. The standard InChI is InChI=1S/C15H18BrClN4/c1-9-13(16)12(17)8-11-14(9)18-10(2)19-15(11)21-6-4-20(3)5-7-21/h8H,4-7H2,1-3H3. The third-order valence-corrected chi connectivity index (χ3v) is 5.55. The zero-order chi connectivity index (χ0) is 15.1. The van der Waals surface area contributed by atoms with Gasteiger partial charge in [0.25, 0.3) is 0 Å². The van der Waals surface area contributed by atoms with E-state index in [0.717, 1.165) is 58.8 Å². The Morgan fingerprint density at radius 3 is 2.48 bits per heavy atom. The molecular weight excluding hydrogens is 352 g/mol. The van der Waals surface area contributed by atoms with E-state index in [2.05, 4.69) is 42.7 Å². The Bertz CT molecular complexity index is 696. The summed E-state index contributed by atoms with van der Waals surface area (Å²) in [6, 6.07) is 1.97. The van der Waals surface area contributed by atoms with Crippen molar-refractivity contribution in [3.05, 3.63) is 26.9 Å². The van der Waals surface area contributed by atoms with E-state index >= 15 is 0 Å². The average Bonchev–Trinajstić information content (AvgIpc) is 2.46. The van der Waals surface area contributed by atoms with Gasteiger partial charge in [0, 0.05) is 36.0 Å². The Labute approximate surface area is 138 Å². The molecule has 21 heavy (non-hydrogen) atoms. The van der Waals surface area contributed by atoms with Crippen molar-refractivity contribution in [3.63, 3.8) is 0 Å². The molecule has 3 rings (SSSR count). The molecule has 0 unspecified atom stereocenters. The maximum Gasteiger partial charge on any atom is 0.140 e. The van der Waals surface area contributed by atoms with Crippen molar-refractivity contribution < 1.29 is 0 Å². The highest BCUT2D eigenvalue weighted by molar-refractivity contribution is 9.10. The topological polar surface area (TPSA) is 32.3 Å². The fourth-order valence-electron chi connectivity index (χ4n) is 2.72. The van der Waals surface area contributed by atoms with Crippen LogP contribution in [0.25, 0.3) is 10.9 Å².